The normalized spacial score (nSPS) is 12.4. The Morgan fingerprint density at radius 1 is 1.29 bits per heavy atom. The molecular weight excluding hydrogens is 212 g/mol. The molecule has 0 bridgehead atoms. The second-order valence-electron chi connectivity index (χ2n) is 4.53. The molecule has 0 heterocycles. The zero-order chi connectivity index (χ0) is 12.7. The molecule has 0 amide bonds. The second-order valence-corrected chi connectivity index (χ2v) is 4.53. The van der Waals surface area contributed by atoms with Gasteiger partial charge in [0.05, 0.1) is 5.92 Å². The molecule has 1 atom stereocenters. The lowest BCUT2D eigenvalue weighted by molar-refractivity contribution is -0.139. The SMILES string of the molecule is CCCCC(C(=O)O)c1cccc(CCC)c1. The summed E-state index contributed by atoms with van der Waals surface area (Å²) in [5, 5.41) is 9.27. The van der Waals surface area contributed by atoms with Crippen LogP contribution in [0.2, 0.25) is 0 Å². The van der Waals surface area contributed by atoms with E-state index >= 15 is 0 Å². The van der Waals surface area contributed by atoms with Crippen LogP contribution in [0.4, 0.5) is 0 Å². The average Bonchev–Trinajstić information content (AvgIpc) is 2.30. The number of benzene rings is 1. The van der Waals surface area contributed by atoms with E-state index in [2.05, 4.69) is 26.0 Å². The van der Waals surface area contributed by atoms with Crippen molar-refractivity contribution in [2.45, 2.75) is 51.9 Å². The molecule has 0 saturated carbocycles. The zero-order valence-corrected chi connectivity index (χ0v) is 10.8. The number of carboxylic acid groups (broad SMARTS) is 1. The summed E-state index contributed by atoms with van der Waals surface area (Å²) in [6.45, 7) is 4.23. The van der Waals surface area contributed by atoms with Crippen LogP contribution >= 0.6 is 0 Å². The van der Waals surface area contributed by atoms with Gasteiger partial charge in [0.2, 0.25) is 0 Å². The minimum Gasteiger partial charge on any atom is -0.481 e. The summed E-state index contributed by atoms with van der Waals surface area (Å²) in [4.78, 5) is 11.3. The molecule has 0 aliphatic carbocycles. The molecule has 17 heavy (non-hydrogen) atoms. The van der Waals surface area contributed by atoms with Crippen molar-refractivity contribution in [1.29, 1.82) is 0 Å². The Morgan fingerprint density at radius 3 is 2.65 bits per heavy atom. The Balaban J connectivity index is 2.85. The molecule has 0 aromatic heterocycles. The fourth-order valence-corrected chi connectivity index (χ4v) is 2.10. The van der Waals surface area contributed by atoms with Gasteiger partial charge < -0.3 is 5.11 Å². The molecule has 94 valence electrons. The van der Waals surface area contributed by atoms with E-state index in [1.165, 1.54) is 5.56 Å². The van der Waals surface area contributed by atoms with E-state index in [9.17, 15) is 9.90 Å². The average molecular weight is 234 g/mol. The lowest BCUT2D eigenvalue weighted by atomic mass is 9.92. The summed E-state index contributed by atoms with van der Waals surface area (Å²) < 4.78 is 0. The van der Waals surface area contributed by atoms with Crippen molar-refractivity contribution in [1.82, 2.24) is 0 Å². The third-order valence-corrected chi connectivity index (χ3v) is 3.04. The Kier molecular flexibility index (Phi) is 5.75. The largest absolute Gasteiger partial charge is 0.481 e. The molecule has 0 aliphatic heterocycles. The van der Waals surface area contributed by atoms with E-state index in [1.807, 2.05) is 12.1 Å². The van der Waals surface area contributed by atoms with Crippen molar-refractivity contribution in [2.24, 2.45) is 0 Å². The highest BCUT2D eigenvalue weighted by Crippen LogP contribution is 2.23. The van der Waals surface area contributed by atoms with Gasteiger partial charge in [0.25, 0.3) is 0 Å². The van der Waals surface area contributed by atoms with Crippen molar-refractivity contribution in [3.63, 3.8) is 0 Å². The van der Waals surface area contributed by atoms with E-state index in [0.29, 0.717) is 0 Å². The standard InChI is InChI=1S/C15H22O2/c1-3-5-10-14(15(16)17)13-9-6-8-12(11-13)7-4-2/h6,8-9,11,14H,3-5,7,10H2,1-2H3,(H,16,17). The Hall–Kier alpha value is -1.31. The Labute approximate surface area is 104 Å². The monoisotopic (exact) mass is 234 g/mol. The third kappa shape index (κ3) is 4.22. The molecule has 0 radical (unpaired) electrons. The molecule has 1 aromatic carbocycles. The van der Waals surface area contributed by atoms with Crippen LogP contribution in [0.25, 0.3) is 0 Å². The summed E-state index contributed by atoms with van der Waals surface area (Å²) in [6.07, 6.45) is 4.86. The summed E-state index contributed by atoms with van der Waals surface area (Å²) in [5.74, 6) is -1.04. The number of rotatable bonds is 7. The van der Waals surface area contributed by atoms with E-state index in [0.717, 1.165) is 37.7 Å². The number of aryl methyl sites for hydroxylation is 1. The van der Waals surface area contributed by atoms with E-state index in [1.54, 1.807) is 0 Å². The summed E-state index contributed by atoms with van der Waals surface area (Å²) in [5.41, 5.74) is 2.20. The fraction of sp³-hybridized carbons (Fsp3) is 0.533. The first kappa shape index (κ1) is 13.8. The van der Waals surface area contributed by atoms with Gasteiger partial charge in [0, 0.05) is 0 Å². The molecule has 0 aliphatic rings. The van der Waals surface area contributed by atoms with Crippen molar-refractivity contribution in [2.75, 3.05) is 0 Å². The highest BCUT2D eigenvalue weighted by Gasteiger charge is 2.19. The Bertz CT molecular complexity index is 358. The smallest absolute Gasteiger partial charge is 0.310 e. The van der Waals surface area contributed by atoms with Gasteiger partial charge in [-0.3, -0.25) is 4.79 Å². The minimum absolute atomic E-state index is 0.341. The summed E-state index contributed by atoms with van der Waals surface area (Å²) in [6, 6.07) is 8.04. The van der Waals surface area contributed by atoms with Crippen molar-refractivity contribution < 1.29 is 9.90 Å². The third-order valence-electron chi connectivity index (χ3n) is 3.04. The van der Waals surface area contributed by atoms with Crippen LogP contribution in [-0.2, 0) is 11.2 Å². The van der Waals surface area contributed by atoms with Crippen LogP contribution in [0.1, 0.15) is 56.6 Å². The lowest BCUT2D eigenvalue weighted by Crippen LogP contribution is -2.11. The first-order chi connectivity index (χ1) is 8.19. The maximum absolute atomic E-state index is 11.3. The molecule has 1 aromatic rings. The molecule has 0 fully saturated rings. The Morgan fingerprint density at radius 2 is 2.06 bits per heavy atom. The number of hydrogen-bond donors (Lipinski definition) is 1. The first-order valence-electron chi connectivity index (χ1n) is 6.50. The van der Waals surface area contributed by atoms with Gasteiger partial charge in [-0.1, -0.05) is 57.4 Å². The van der Waals surface area contributed by atoms with E-state index < -0.39 is 5.97 Å². The summed E-state index contributed by atoms with van der Waals surface area (Å²) in [7, 11) is 0. The lowest BCUT2D eigenvalue weighted by Gasteiger charge is -2.13. The van der Waals surface area contributed by atoms with Crippen molar-refractivity contribution in [3.05, 3.63) is 35.4 Å². The topological polar surface area (TPSA) is 37.3 Å². The van der Waals surface area contributed by atoms with Gasteiger partial charge >= 0.3 is 5.97 Å². The molecule has 0 spiro atoms. The van der Waals surface area contributed by atoms with Crippen LogP contribution in [-0.4, -0.2) is 11.1 Å². The number of hydrogen-bond acceptors (Lipinski definition) is 1. The fourth-order valence-electron chi connectivity index (χ4n) is 2.10. The first-order valence-corrected chi connectivity index (χ1v) is 6.50. The quantitative estimate of drug-likeness (QED) is 0.774. The van der Waals surface area contributed by atoms with Gasteiger partial charge in [-0.05, 0) is 24.0 Å². The minimum atomic E-state index is -0.702. The van der Waals surface area contributed by atoms with Gasteiger partial charge in [-0.25, -0.2) is 0 Å². The van der Waals surface area contributed by atoms with Crippen LogP contribution < -0.4 is 0 Å². The molecule has 2 heteroatoms. The number of carbonyl (C=O) groups is 1. The highest BCUT2D eigenvalue weighted by atomic mass is 16.4. The molecular formula is C15H22O2. The molecule has 2 nitrogen and oxygen atoms in total. The van der Waals surface area contributed by atoms with Crippen molar-refractivity contribution >= 4 is 5.97 Å². The molecule has 1 N–H and O–H groups in total. The molecule has 1 rings (SSSR count). The van der Waals surface area contributed by atoms with E-state index in [4.69, 9.17) is 0 Å². The number of unbranched alkanes of at least 4 members (excludes halogenated alkanes) is 1. The zero-order valence-electron chi connectivity index (χ0n) is 10.8. The van der Waals surface area contributed by atoms with Crippen LogP contribution in [0, 0.1) is 0 Å². The van der Waals surface area contributed by atoms with Crippen molar-refractivity contribution in [3.8, 4) is 0 Å². The predicted octanol–water partition coefficient (Wildman–Crippen LogP) is 4.00. The van der Waals surface area contributed by atoms with Crippen LogP contribution in [0.3, 0.4) is 0 Å². The predicted molar refractivity (Wildman–Crippen MR) is 70.3 cm³/mol. The van der Waals surface area contributed by atoms with E-state index in [-0.39, 0.29) is 5.92 Å². The van der Waals surface area contributed by atoms with Gasteiger partial charge in [0.15, 0.2) is 0 Å². The van der Waals surface area contributed by atoms with Crippen LogP contribution in [0.15, 0.2) is 24.3 Å². The van der Waals surface area contributed by atoms with Gasteiger partial charge in [0.1, 0.15) is 0 Å². The molecule has 0 saturated heterocycles. The maximum Gasteiger partial charge on any atom is 0.310 e. The van der Waals surface area contributed by atoms with Gasteiger partial charge in [-0.2, -0.15) is 0 Å². The second kappa shape index (κ2) is 7.10. The summed E-state index contributed by atoms with van der Waals surface area (Å²) >= 11 is 0. The highest BCUT2D eigenvalue weighted by molar-refractivity contribution is 5.76. The maximum atomic E-state index is 11.3. The van der Waals surface area contributed by atoms with Crippen LogP contribution in [0.5, 0.6) is 0 Å². The number of aliphatic carboxylic acids is 1. The molecule has 1 unspecified atom stereocenters. The number of carboxylic acids is 1. The van der Waals surface area contributed by atoms with Gasteiger partial charge in [-0.15, -0.1) is 0 Å².